The van der Waals surface area contributed by atoms with Gasteiger partial charge in [-0.3, -0.25) is 9.32 Å². The molecule has 0 aliphatic carbocycles. The van der Waals surface area contributed by atoms with Crippen molar-refractivity contribution in [1.29, 1.82) is 0 Å². The SMILES string of the molecule is NP(=O)(O)OCCC(=O)OCc1ccccc1. The number of carbonyl (C=O) groups excluding carboxylic acids is 1. The first kappa shape index (κ1) is 13.9. The second-order valence-electron chi connectivity index (χ2n) is 3.29. The molecule has 0 aromatic heterocycles. The molecule has 0 spiro atoms. The standard InChI is InChI=1S/C10H14NO5P/c11-17(13,14)16-7-6-10(12)15-8-9-4-2-1-3-5-9/h1-5H,6-8H2,(H3,11,13,14). The topological polar surface area (TPSA) is 98.9 Å². The van der Waals surface area contributed by atoms with Gasteiger partial charge in [-0.15, -0.1) is 0 Å². The second-order valence-corrected chi connectivity index (χ2v) is 4.68. The molecule has 0 bridgehead atoms. The lowest BCUT2D eigenvalue weighted by Crippen LogP contribution is -2.09. The molecule has 7 heteroatoms. The predicted octanol–water partition coefficient (Wildman–Crippen LogP) is 1.20. The molecule has 3 N–H and O–H groups in total. The van der Waals surface area contributed by atoms with Crippen molar-refractivity contribution in [3.8, 4) is 0 Å². The molecule has 0 saturated heterocycles. The lowest BCUT2D eigenvalue weighted by atomic mass is 10.2. The van der Waals surface area contributed by atoms with Crippen molar-refractivity contribution in [2.24, 2.45) is 5.50 Å². The second kappa shape index (κ2) is 6.51. The van der Waals surface area contributed by atoms with Crippen molar-refractivity contribution >= 4 is 13.7 Å². The summed E-state index contributed by atoms with van der Waals surface area (Å²) in [5.74, 6) is -0.512. The Morgan fingerprint density at radius 3 is 2.59 bits per heavy atom. The van der Waals surface area contributed by atoms with Gasteiger partial charge < -0.3 is 9.63 Å². The third-order valence-electron chi connectivity index (χ3n) is 1.83. The number of ether oxygens (including phenoxy) is 1. The fourth-order valence-corrected chi connectivity index (χ4v) is 1.42. The number of carbonyl (C=O) groups is 1. The van der Waals surface area contributed by atoms with Gasteiger partial charge in [-0.2, -0.15) is 0 Å². The zero-order chi connectivity index (χ0) is 12.7. The summed E-state index contributed by atoms with van der Waals surface area (Å²) in [5.41, 5.74) is 5.59. The Kier molecular flexibility index (Phi) is 5.31. The van der Waals surface area contributed by atoms with Gasteiger partial charge in [0.25, 0.3) is 0 Å². The van der Waals surface area contributed by atoms with E-state index in [2.05, 4.69) is 4.52 Å². The van der Waals surface area contributed by atoms with E-state index in [1.165, 1.54) is 0 Å². The molecule has 0 amide bonds. The Labute approximate surface area is 98.9 Å². The fourth-order valence-electron chi connectivity index (χ4n) is 1.07. The minimum absolute atomic E-state index is 0.116. The molecule has 1 rings (SSSR count). The normalized spacial score (nSPS) is 14.0. The number of benzene rings is 1. The highest BCUT2D eigenvalue weighted by molar-refractivity contribution is 7.50. The van der Waals surface area contributed by atoms with Crippen LogP contribution in [0.5, 0.6) is 0 Å². The molecule has 1 unspecified atom stereocenters. The number of rotatable bonds is 6. The van der Waals surface area contributed by atoms with Crippen LogP contribution in [0.4, 0.5) is 0 Å². The highest BCUT2D eigenvalue weighted by Gasteiger charge is 2.12. The molecule has 94 valence electrons. The van der Waals surface area contributed by atoms with Crippen LogP contribution in [0.1, 0.15) is 12.0 Å². The van der Waals surface area contributed by atoms with E-state index < -0.39 is 13.7 Å². The fraction of sp³-hybridized carbons (Fsp3) is 0.300. The summed E-state index contributed by atoms with van der Waals surface area (Å²) in [5, 5.41) is 0. The van der Waals surface area contributed by atoms with E-state index in [0.717, 1.165) is 5.56 Å². The molecule has 0 radical (unpaired) electrons. The Balaban J connectivity index is 2.20. The zero-order valence-electron chi connectivity index (χ0n) is 9.11. The van der Waals surface area contributed by atoms with Crippen LogP contribution < -0.4 is 5.50 Å². The van der Waals surface area contributed by atoms with Crippen molar-refractivity contribution < 1.29 is 23.5 Å². The van der Waals surface area contributed by atoms with Crippen LogP contribution in [0.15, 0.2) is 30.3 Å². The van der Waals surface area contributed by atoms with Gasteiger partial charge in [0.2, 0.25) is 0 Å². The number of nitrogens with two attached hydrogens (primary N) is 1. The van der Waals surface area contributed by atoms with Crippen LogP contribution in [-0.4, -0.2) is 17.5 Å². The molecule has 6 nitrogen and oxygen atoms in total. The highest BCUT2D eigenvalue weighted by Crippen LogP contribution is 2.30. The first-order chi connectivity index (χ1) is 7.97. The van der Waals surface area contributed by atoms with E-state index in [1.54, 1.807) is 0 Å². The maximum absolute atomic E-state index is 11.2. The predicted molar refractivity (Wildman–Crippen MR) is 60.8 cm³/mol. The molecule has 1 atom stereocenters. The van der Waals surface area contributed by atoms with Crippen molar-refractivity contribution in [3.05, 3.63) is 35.9 Å². The van der Waals surface area contributed by atoms with Gasteiger partial charge >= 0.3 is 13.7 Å². The van der Waals surface area contributed by atoms with Crippen LogP contribution >= 0.6 is 7.75 Å². The van der Waals surface area contributed by atoms with E-state index in [4.69, 9.17) is 15.1 Å². The minimum atomic E-state index is -4.01. The van der Waals surface area contributed by atoms with Gasteiger partial charge in [-0.1, -0.05) is 30.3 Å². The Morgan fingerprint density at radius 2 is 2.00 bits per heavy atom. The third kappa shape index (κ3) is 6.86. The summed E-state index contributed by atoms with van der Waals surface area (Å²) in [4.78, 5) is 19.8. The largest absolute Gasteiger partial charge is 0.461 e. The zero-order valence-corrected chi connectivity index (χ0v) is 10.0. The van der Waals surface area contributed by atoms with Crippen molar-refractivity contribution in [2.45, 2.75) is 13.0 Å². The molecular weight excluding hydrogens is 245 g/mol. The average molecular weight is 259 g/mol. The highest BCUT2D eigenvalue weighted by atomic mass is 31.2. The van der Waals surface area contributed by atoms with Crippen molar-refractivity contribution in [2.75, 3.05) is 6.61 Å². The number of hydrogen-bond acceptors (Lipinski definition) is 4. The molecule has 17 heavy (non-hydrogen) atoms. The van der Waals surface area contributed by atoms with Gasteiger partial charge in [0.05, 0.1) is 13.0 Å². The molecule has 0 heterocycles. The average Bonchev–Trinajstić information content (AvgIpc) is 2.26. The first-order valence-corrected chi connectivity index (χ1v) is 6.57. The van der Waals surface area contributed by atoms with Crippen molar-refractivity contribution in [3.63, 3.8) is 0 Å². The van der Waals surface area contributed by atoms with Gasteiger partial charge in [-0.25, -0.2) is 10.1 Å². The minimum Gasteiger partial charge on any atom is -0.461 e. The van der Waals surface area contributed by atoms with E-state index >= 15 is 0 Å². The molecule has 1 aromatic rings. The molecule has 1 aromatic carbocycles. The third-order valence-corrected chi connectivity index (χ3v) is 2.38. The van der Waals surface area contributed by atoms with Crippen LogP contribution in [0.25, 0.3) is 0 Å². The Hall–Kier alpha value is -1.20. The van der Waals surface area contributed by atoms with Gasteiger partial charge in [0.1, 0.15) is 6.61 Å². The first-order valence-electron chi connectivity index (χ1n) is 4.93. The van der Waals surface area contributed by atoms with E-state index in [-0.39, 0.29) is 19.6 Å². The molecular formula is C10H14NO5P. The Bertz CT molecular complexity index is 402. The summed E-state index contributed by atoms with van der Waals surface area (Å²) in [6, 6.07) is 9.18. The summed E-state index contributed by atoms with van der Waals surface area (Å²) in [6.45, 7) is -0.0724. The molecule has 0 aliphatic rings. The lowest BCUT2D eigenvalue weighted by molar-refractivity contribution is -0.145. The monoisotopic (exact) mass is 259 g/mol. The lowest BCUT2D eigenvalue weighted by Gasteiger charge is -2.07. The van der Waals surface area contributed by atoms with Crippen molar-refractivity contribution in [1.82, 2.24) is 0 Å². The van der Waals surface area contributed by atoms with Gasteiger partial charge in [0, 0.05) is 0 Å². The molecule has 0 fully saturated rings. The van der Waals surface area contributed by atoms with Crippen LogP contribution in [0, 0.1) is 0 Å². The quantitative estimate of drug-likeness (QED) is 0.588. The molecule has 0 aliphatic heterocycles. The summed E-state index contributed by atoms with van der Waals surface area (Å²) in [6.07, 6.45) is -0.116. The summed E-state index contributed by atoms with van der Waals surface area (Å²) in [7, 11) is -4.01. The van der Waals surface area contributed by atoms with Crippen LogP contribution in [0.2, 0.25) is 0 Å². The number of hydrogen-bond donors (Lipinski definition) is 2. The van der Waals surface area contributed by atoms with Crippen LogP contribution in [-0.2, 0) is 25.2 Å². The van der Waals surface area contributed by atoms with E-state index in [9.17, 15) is 9.36 Å². The Morgan fingerprint density at radius 1 is 1.35 bits per heavy atom. The van der Waals surface area contributed by atoms with Crippen LogP contribution in [0.3, 0.4) is 0 Å². The van der Waals surface area contributed by atoms with E-state index in [1.807, 2.05) is 30.3 Å². The smallest absolute Gasteiger partial charge is 0.400 e. The summed E-state index contributed by atoms with van der Waals surface area (Å²) < 4.78 is 19.8. The maximum atomic E-state index is 11.2. The van der Waals surface area contributed by atoms with Gasteiger partial charge in [-0.05, 0) is 5.56 Å². The maximum Gasteiger partial charge on any atom is 0.400 e. The number of esters is 1. The molecule has 0 saturated carbocycles. The van der Waals surface area contributed by atoms with E-state index in [0.29, 0.717) is 0 Å². The van der Waals surface area contributed by atoms with Gasteiger partial charge in [0.15, 0.2) is 0 Å². The summed E-state index contributed by atoms with van der Waals surface area (Å²) >= 11 is 0.